The molecule has 10 heteroatoms. The second kappa shape index (κ2) is 8.46. The van der Waals surface area contributed by atoms with Crippen molar-refractivity contribution in [3.05, 3.63) is 21.9 Å². The van der Waals surface area contributed by atoms with Crippen LogP contribution in [0.4, 0.5) is 4.79 Å². The van der Waals surface area contributed by atoms with E-state index in [0.717, 1.165) is 0 Å². The molecule has 1 aromatic rings. The third-order valence-corrected chi connectivity index (χ3v) is 4.92. The lowest BCUT2D eigenvalue weighted by Gasteiger charge is -2.20. The van der Waals surface area contributed by atoms with E-state index in [1.54, 1.807) is 11.4 Å². The molecule has 8 nitrogen and oxygen atoms in total. The third-order valence-electron chi connectivity index (χ3n) is 3.98. The van der Waals surface area contributed by atoms with Gasteiger partial charge in [-0.2, -0.15) is 0 Å². The number of Topliss-reactive ketones (excluding diaryl/α,β-unsaturated/α-hetero) is 1. The van der Waals surface area contributed by atoms with E-state index in [0.29, 0.717) is 16.9 Å². The number of aliphatic hydroxyl groups is 1. The van der Waals surface area contributed by atoms with Crippen molar-refractivity contribution >= 4 is 42.6 Å². The lowest BCUT2D eigenvalue weighted by molar-refractivity contribution is -0.127. The fraction of sp³-hybridized carbons (Fsp3) is 0.500. The highest BCUT2D eigenvalue weighted by Crippen LogP contribution is 2.35. The fourth-order valence-electron chi connectivity index (χ4n) is 2.84. The molecule has 0 fully saturated rings. The predicted molar refractivity (Wildman–Crippen MR) is 98.9 cm³/mol. The molecule has 0 bridgehead atoms. The van der Waals surface area contributed by atoms with Crippen molar-refractivity contribution in [2.75, 3.05) is 6.54 Å². The molecule has 2 rings (SSSR count). The Morgan fingerprint density at radius 2 is 2.04 bits per heavy atom. The lowest BCUT2D eigenvalue weighted by atomic mass is 10.0. The first kappa shape index (κ1) is 20.1. The molecule has 3 unspecified atom stereocenters. The van der Waals surface area contributed by atoms with Crippen LogP contribution >= 0.6 is 11.3 Å². The zero-order valence-corrected chi connectivity index (χ0v) is 15.7. The fourth-order valence-corrected chi connectivity index (χ4v) is 3.76. The number of thiophene rings is 1. The summed E-state index contributed by atoms with van der Waals surface area (Å²) in [6.45, 7) is 3.53. The van der Waals surface area contributed by atoms with Crippen LogP contribution in [0.25, 0.3) is 0 Å². The average molecular weight is 379 g/mol. The number of nitrogens with one attached hydrogen (secondary N) is 3. The largest absolute Gasteiger partial charge is 0.382 e. The molecule has 0 radical (unpaired) electrons. The maximum Gasteiger partial charge on any atom is 0.242 e. The van der Waals surface area contributed by atoms with E-state index < -0.39 is 35.8 Å². The topological polar surface area (TPSA) is 125 Å². The van der Waals surface area contributed by atoms with Crippen molar-refractivity contribution in [3.8, 4) is 0 Å². The molecule has 3 amide bonds. The highest BCUT2D eigenvalue weighted by atomic mass is 32.1. The molecular weight excluding hydrogens is 357 g/mol. The van der Waals surface area contributed by atoms with E-state index in [2.05, 4.69) is 16.0 Å². The van der Waals surface area contributed by atoms with Gasteiger partial charge in [-0.3, -0.25) is 19.2 Å². The number of ketones is 1. The van der Waals surface area contributed by atoms with Crippen LogP contribution in [0.3, 0.4) is 0 Å². The van der Waals surface area contributed by atoms with Crippen molar-refractivity contribution < 1.29 is 24.3 Å². The van der Waals surface area contributed by atoms with Crippen molar-refractivity contribution in [1.29, 1.82) is 0 Å². The molecule has 0 aliphatic heterocycles. The van der Waals surface area contributed by atoms with E-state index in [4.69, 9.17) is 0 Å². The molecular formula is C16H22BN3O5S. The van der Waals surface area contributed by atoms with Gasteiger partial charge >= 0.3 is 0 Å². The SMILES string of the molecule is BC(=O)NC(CC(C)C)C(=O)NCC(=O)NC1c2ccsc2C(=O)C1O. The number of hydrogen-bond acceptors (Lipinski definition) is 6. The number of amides is 3. The maximum absolute atomic E-state index is 12.2. The van der Waals surface area contributed by atoms with Crippen LogP contribution < -0.4 is 16.0 Å². The summed E-state index contributed by atoms with van der Waals surface area (Å²) in [5, 5.41) is 19.3. The number of aliphatic hydroxyl groups excluding tert-OH is 1. The molecule has 0 saturated heterocycles. The molecule has 0 aromatic carbocycles. The van der Waals surface area contributed by atoms with Gasteiger partial charge in [-0.15, -0.1) is 11.3 Å². The van der Waals surface area contributed by atoms with Crippen molar-refractivity contribution in [3.63, 3.8) is 0 Å². The van der Waals surface area contributed by atoms with E-state index in [-0.39, 0.29) is 18.3 Å². The van der Waals surface area contributed by atoms with Crippen LogP contribution in [0, 0.1) is 5.92 Å². The summed E-state index contributed by atoms with van der Waals surface area (Å²) in [5.74, 6) is -1.54. The Kier molecular flexibility index (Phi) is 6.55. The second-order valence-electron chi connectivity index (χ2n) is 6.66. The van der Waals surface area contributed by atoms with Gasteiger partial charge in [0.2, 0.25) is 25.4 Å². The molecule has 26 heavy (non-hydrogen) atoms. The van der Waals surface area contributed by atoms with Gasteiger partial charge in [0.15, 0.2) is 5.81 Å². The zero-order chi connectivity index (χ0) is 19.4. The number of carbonyl (C=O) groups excluding carboxylic acids is 4. The number of carbonyl (C=O) groups is 4. The zero-order valence-electron chi connectivity index (χ0n) is 14.9. The molecule has 1 aliphatic carbocycles. The first-order valence-corrected chi connectivity index (χ1v) is 9.22. The standard InChI is InChI=1S/C16H22BN3O5S/c1-7(2)5-9(19-16(17)25)15(24)18-6-10(21)20-11-8-3-4-26-14(8)13(23)12(11)22/h3-4,7,9,11-12,22H,5-6,17H2,1-2H3,(H,18,24)(H,19,25)(H,20,21). The van der Waals surface area contributed by atoms with E-state index in [9.17, 15) is 24.3 Å². The summed E-state index contributed by atoms with van der Waals surface area (Å²) >= 11 is 1.22. The summed E-state index contributed by atoms with van der Waals surface area (Å²) in [4.78, 5) is 47.9. The summed E-state index contributed by atoms with van der Waals surface area (Å²) in [5.41, 5.74) is 0.586. The quantitative estimate of drug-likeness (QED) is 0.468. The highest BCUT2D eigenvalue weighted by molar-refractivity contribution is 7.12. The average Bonchev–Trinajstić information content (AvgIpc) is 3.10. The third kappa shape index (κ3) is 4.70. The Hall–Kier alpha value is -2.20. The first-order valence-electron chi connectivity index (χ1n) is 8.34. The minimum Gasteiger partial charge on any atom is -0.382 e. The molecule has 1 aliphatic rings. The Labute approximate surface area is 156 Å². The number of hydrogen-bond donors (Lipinski definition) is 4. The van der Waals surface area contributed by atoms with E-state index in [1.165, 1.54) is 19.2 Å². The van der Waals surface area contributed by atoms with Crippen LogP contribution in [-0.4, -0.2) is 55.0 Å². The van der Waals surface area contributed by atoms with Gasteiger partial charge < -0.3 is 21.1 Å². The monoisotopic (exact) mass is 379 g/mol. The smallest absolute Gasteiger partial charge is 0.242 e. The minimum atomic E-state index is -1.31. The normalized spacial score (nSPS) is 19.8. The maximum atomic E-state index is 12.2. The van der Waals surface area contributed by atoms with Gasteiger partial charge in [0.05, 0.1) is 17.5 Å². The van der Waals surface area contributed by atoms with Crippen LogP contribution in [0.2, 0.25) is 0 Å². The van der Waals surface area contributed by atoms with E-state index in [1.807, 2.05) is 13.8 Å². The molecule has 0 saturated carbocycles. The number of fused-ring (bicyclic) bond motifs is 1. The Morgan fingerprint density at radius 1 is 1.35 bits per heavy atom. The van der Waals surface area contributed by atoms with Crippen molar-refractivity contribution in [2.24, 2.45) is 5.92 Å². The van der Waals surface area contributed by atoms with Crippen LogP contribution in [0.1, 0.15) is 41.5 Å². The summed E-state index contributed by atoms with van der Waals surface area (Å²) in [7, 11) is 1.32. The minimum absolute atomic E-state index is 0.183. The van der Waals surface area contributed by atoms with Gasteiger partial charge in [0, 0.05) is 0 Å². The molecule has 1 heterocycles. The predicted octanol–water partition coefficient (Wildman–Crippen LogP) is -0.664. The second-order valence-corrected chi connectivity index (χ2v) is 7.58. The van der Waals surface area contributed by atoms with Gasteiger partial charge in [0.1, 0.15) is 12.1 Å². The Bertz CT molecular complexity index is 720. The van der Waals surface area contributed by atoms with Crippen LogP contribution in [0.15, 0.2) is 11.4 Å². The van der Waals surface area contributed by atoms with Crippen LogP contribution in [0.5, 0.6) is 0 Å². The van der Waals surface area contributed by atoms with Gasteiger partial charge in [-0.05, 0) is 29.3 Å². The lowest BCUT2D eigenvalue weighted by Crippen LogP contribution is -2.50. The summed E-state index contributed by atoms with van der Waals surface area (Å²) in [6.07, 6.45) is -0.869. The summed E-state index contributed by atoms with van der Waals surface area (Å²) in [6, 6.07) is 0.157. The molecule has 1 aromatic heterocycles. The van der Waals surface area contributed by atoms with Gasteiger partial charge in [0.25, 0.3) is 0 Å². The van der Waals surface area contributed by atoms with Crippen molar-refractivity contribution in [1.82, 2.24) is 16.0 Å². The summed E-state index contributed by atoms with van der Waals surface area (Å²) < 4.78 is 0. The Morgan fingerprint density at radius 3 is 2.65 bits per heavy atom. The van der Waals surface area contributed by atoms with Gasteiger partial charge in [-0.1, -0.05) is 13.8 Å². The highest BCUT2D eigenvalue weighted by Gasteiger charge is 2.40. The molecule has 3 atom stereocenters. The van der Waals surface area contributed by atoms with Gasteiger partial charge in [-0.25, -0.2) is 0 Å². The molecule has 140 valence electrons. The molecule has 4 N–H and O–H groups in total. The van der Waals surface area contributed by atoms with Crippen LogP contribution in [-0.2, 0) is 9.59 Å². The Balaban J connectivity index is 1.91. The van der Waals surface area contributed by atoms with Crippen molar-refractivity contribution in [2.45, 2.75) is 38.5 Å². The first-order chi connectivity index (χ1) is 12.2. The molecule has 0 spiro atoms. The number of rotatable bonds is 7. The van der Waals surface area contributed by atoms with E-state index >= 15 is 0 Å².